The Hall–Kier alpha value is -1.16. The summed E-state index contributed by atoms with van der Waals surface area (Å²) in [6.45, 7) is 2.31. The lowest BCUT2D eigenvalue weighted by atomic mass is 9.91. The quantitative estimate of drug-likeness (QED) is 0.824. The van der Waals surface area contributed by atoms with Gasteiger partial charge < -0.3 is 11.5 Å². The lowest BCUT2D eigenvalue weighted by Crippen LogP contribution is -2.16. The number of thioether (sulfide) groups is 1. The van der Waals surface area contributed by atoms with Crippen molar-refractivity contribution in [1.29, 1.82) is 0 Å². The van der Waals surface area contributed by atoms with Crippen LogP contribution in [0, 0.1) is 5.92 Å². The normalized spacial score (nSPS) is 23.8. The highest BCUT2D eigenvalue weighted by atomic mass is 32.2. The van der Waals surface area contributed by atoms with Crippen molar-refractivity contribution < 1.29 is 4.79 Å². The molecular weight excluding hydrogens is 244 g/mol. The summed E-state index contributed by atoms with van der Waals surface area (Å²) >= 11 is 1.85. The van der Waals surface area contributed by atoms with Crippen LogP contribution in [0.25, 0.3) is 0 Å². The van der Waals surface area contributed by atoms with Gasteiger partial charge in [0.1, 0.15) is 0 Å². The minimum Gasteiger partial charge on any atom is -0.398 e. The third-order valence-corrected chi connectivity index (χ3v) is 4.77. The summed E-state index contributed by atoms with van der Waals surface area (Å²) in [5, 5.41) is 0.651. The van der Waals surface area contributed by atoms with Crippen molar-refractivity contribution in [3.05, 3.63) is 23.8 Å². The molecule has 0 heterocycles. The molecule has 0 saturated heterocycles. The third-order valence-electron chi connectivity index (χ3n) is 3.48. The highest BCUT2D eigenvalue weighted by Crippen LogP contribution is 2.36. The van der Waals surface area contributed by atoms with Crippen LogP contribution < -0.4 is 11.5 Å². The minimum absolute atomic E-state index is 0.434. The van der Waals surface area contributed by atoms with Crippen LogP contribution in [0.3, 0.4) is 0 Å². The minimum atomic E-state index is -0.452. The van der Waals surface area contributed by atoms with Gasteiger partial charge in [0, 0.05) is 15.8 Å². The zero-order valence-corrected chi connectivity index (χ0v) is 11.5. The molecule has 0 radical (unpaired) electrons. The second-order valence-corrected chi connectivity index (χ2v) is 6.50. The summed E-state index contributed by atoms with van der Waals surface area (Å²) in [4.78, 5) is 12.3. The Balaban J connectivity index is 2.09. The molecule has 1 aromatic rings. The van der Waals surface area contributed by atoms with E-state index in [2.05, 4.69) is 6.92 Å². The smallest absolute Gasteiger partial charge is 0.250 e. The molecule has 1 aliphatic carbocycles. The van der Waals surface area contributed by atoms with Crippen LogP contribution in [0.1, 0.15) is 43.0 Å². The Kier molecular flexibility index (Phi) is 4.17. The van der Waals surface area contributed by atoms with E-state index < -0.39 is 5.91 Å². The van der Waals surface area contributed by atoms with Crippen LogP contribution in [-0.4, -0.2) is 11.2 Å². The molecule has 2 rings (SSSR count). The number of primary amides is 1. The summed E-state index contributed by atoms with van der Waals surface area (Å²) in [6, 6.07) is 5.57. The lowest BCUT2D eigenvalue weighted by molar-refractivity contribution is 0.100. The second kappa shape index (κ2) is 5.65. The van der Waals surface area contributed by atoms with Crippen LogP contribution >= 0.6 is 11.8 Å². The van der Waals surface area contributed by atoms with Crippen molar-refractivity contribution in [3.63, 3.8) is 0 Å². The van der Waals surface area contributed by atoms with Crippen molar-refractivity contribution in [2.24, 2.45) is 11.7 Å². The second-order valence-electron chi connectivity index (χ2n) is 5.12. The van der Waals surface area contributed by atoms with Crippen molar-refractivity contribution in [2.75, 3.05) is 5.73 Å². The van der Waals surface area contributed by atoms with E-state index in [0.29, 0.717) is 16.5 Å². The fraction of sp³-hybridized carbons (Fsp3) is 0.500. The van der Waals surface area contributed by atoms with Crippen molar-refractivity contribution >= 4 is 23.4 Å². The van der Waals surface area contributed by atoms with Gasteiger partial charge >= 0.3 is 0 Å². The van der Waals surface area contributed by atoms with E-state index in [0.717, 1.165) is 10.8 Å². The first-order valence-electron chi connectivity index (χ1n) is 6.42. The molecule has 1 amide bonds. The van der Waals surface area contributed by atoms with E-state index in [9.17, 15) is 4.79 Å². The molecule has 18 heavy (non-hydrogen) atoms. The fourth-order valence-corrected chi connectivity index (χ4v) is 3.93. The molecule has 1 saturated carbocycles. The highest BCUT2D eigenvalue weighted by molar-refractivity contribution is 8.00. The first kappa shape index (κ1) is 13.3. The summed E-state index contributed by atoms with van der Waals surface area (Å²) in [5.74, 6) is 0.354. The molecule has 0 aliphatic heterocycles. The molecule has 2 atom stereocenters. The van der Waals surface area contributed by atoms with Gasteiger partial charge in [-0.15, -0.1) is 11.8 Å². The van der Waals surface area contributed by atoms with E-state index in [-0.39, 0.29) is 0 Å². The Morgan fingerprint density at radius 2 is 2.17 bits per heavy atom. The van der Waals surface area contributed by atoms with Crippen LogP contribution in [0.4, 0.5) is 5.69 Å². The zero-order valence-electron chi connectivity index (χ0n) is 10.7. The van der Waals surface area contributed by atoms with Crippen LogP contribution in [0.2, 0.25) is 0 Å². The number of hydrogen-bond donors (Lipinski definition) is 2. The maximum Gasteiger partial charge on any atom is 0.250 e. The SMILES string of the molecule is CC1CCCC(Sc2ccc(N)c(C(N)=O)c2)C1. The third kappa shape index (κ3) is 3.19. The Morgan fingerprint density at radius 1 is 1.39 bits per heavy atom. The number of nitrogens with two attached hydrogens (primary N) is 2. The standard InChI is InChI=1S/C14H20N2OS/c1-9-3-2-4-10(7-9)18-11-5-6-13(15)12(8-11)14(16)17/h5-6,8-10H,2-4,7,15H2,1H3,(H2,16,17). The highest BCUT2D eigenvalue weighted by Gasteiger charge is 2.20. The Morgan fingerprint density at radius 3 is 2.83 bits per heavy atom. The van der Waals surface area contributed by atoms with Gasteiger partial charge in [-0.2, -0.15) is 0 Å². The van der Waals surface area contributed by atoms with Crippen molar-refractivity contribution in [3.8, 4) is 0 Å². The molecule has 2 unspecified atom stereocenters. The number of hydrogen-bond acceptors (Lipinski definition) is 3. The van der Waals surface area contributed by atoms with Gasteiger partial charge in [-0.25, -0.2) is 0 Å². The monoisotopic (exact) mass is 264 g/mol. The van der Waals surface area contributed by atoms with E-state index in [4.69, 9.17) is 11.5 Å². The molecule has 4 heteroatoms. The molecule has 1 fully saturated rings. The van der Waals surface area contributed by atoms with Gasteiger partial charge in [0.2, 0.25) is 0 Å². The van der Waals surface area contributed by atoms with Crippen LogP contribution in [0.15, 0.2) is 23.1 Å². The zero-order chi connectivity index (χ0) is 13.1. The van der Waals surface area contributed by atoms with Crippen molar-refractivity contribution in [1.82, 2.24) is 0 Å². The summed E-state index contributed by atoms with van der Waals surface area (Å²) < 4.78 is 0. The predicted molar refractivity (Wildman–Crippen MR) is 76.6 cm³/mol. The Bertz CT molecular complexity index is 447. The number of carbonyl (C=O) groups excluding carboxylic acids is 1. The van der Waals surface area contributed by atoms with E-state index >= 15 is 0 Å². The topological polar surface area (TPSA) is 69.1 Å². The maximum absolute atomic E-state index is 11.3. The molecule has 4 N–H and O–H groups in total. The summed E-state index contributed by atoms with van der Waals surface area (Å²) in [7, 11) is 0. The molecule has 98 valence electrons. The molecule has 0 bridgehead atoms. The van der Waals surface area contributed by atoms with Gasteiger partial charge in [-0.1, -0.05) is 19.8 Å². The van der Waals surface area contributed by atoms with E-state index in [1.807, 2.05) is 23.9 Å². The van der Waals surface area contributed by atoms with Gasteiger partial charge in [0.25, 0.3) is 5.91 Å². The predicted octanol–water partition coefficient (Wildman–Crippen LogP) is 3.04. The van der Waals surface area contributed by atoms with Gasteiger partial charge in [0.15, 0.2) is 0 Å². The van der Waals surface area contributed by atoms with Crippen LogP contribution in [0.5, 0.6) is 0 Å². The number of amides is 1. The number of carbonyl (C=O) groups is 1. The largest absolute Gasteiger partial charge is 0.398 e. The molecule has 1 aliphatic rings. The number of benzene rings is 1. The van der Waals surface area contributed by atoms with E-state index in [1.54, 1.807) is 6.07 Å². The maximum atomic E-state index is 11.3. The van der Waals surface area contributed by atoms with Crippen molar-refractivity contribution in [2.45, 2.75) is 42.8 Å². The molecule has 1 aromatic carbocycles. The molecule has 0 aromatic heterocycles. The number of anilines is 1. The molecule has 0 spiro atoms. The number of rotatable bonds is 3. The first-order chi connectivity index (χ1) is 8.56. The summed E-state index contributed by atoms with van der Waals surface area (Å²) in [6.07, 6.45) is 5.15. The van der Waals surface area contributed by atoms with Gasteiger partial charge in [-0.3, -0.25) is 4.79 Å². The number of nitrogen functional groups attached to an aromatic ring is 1. The average molecular weight is 264 g/mol. The summed E-state index contributed by atoms with van der Waals surface area (Å²) in [5.41, 5.74) is 11.9. The van der Waals surface area contributed by atoms with Crippen LogP contribution in [-0.2, 0) is 0 Å². The van der Waals surface area contributed by atoms with Gasteiger partial charge in [-0.05, 0) is 37.0 Å². The fourth-order valence-electron chi connectivity index (χ4n) is 2.50. The van der Waals surface area contributed by atoms with E-state index in [1.165, 1.54) is 25.7 Å². The lowest BCUT2D eigenvalue weighted by Gasteiger charge is -2.26. The average Bonchev–Trinajstić information content (AvgIpc) is 2.31. The first-order valence-corrected chi connectivity index (χ1v) is 7.30. The Labute approximate surface area is 112 Å². The molecular formula is C14H20N2OS. The molecule has 3 nitrogen and oxygen atoms in total. The van der Waals surface area contributed by atoms with Gasteiger partial charge in [0.05, 0.1) is 5.56 Å².